The molecule has 23 heavy (non-hydrogen) atoms. The lowest BCUT2D eigenvalue weighted by Crippen LogP contribution is -2.53. The van der Waals surface area contributed by atoms with Gasteiger partial charge in [-0.15, -0.1) is 11.3 Å². The Morgan fingerprint density at radius 2 is 2.26 bits per heavy atom. The van der Waals surface area contributed by atoms with Crippen LogP contribution in [0, 0.1) is 0 Å². The third-order valence-electron chi connectivity index (χ3n) is 4.24. The molecule has 0 aromatic carbocycles. The highest BCUT2D eigenvalue weighted by Crippen LogP contribution is 2.24. The van der Waals surface area contributed by atoms with Gasteiger partial charge in [0.05, 0.1) is 18.0 Å². The third-order valence-corrected chi connectivity index (χ3v) is 5.18. The molecule has 0 bridgehead atoms. The van der Waals surface area contributed by atoms with Crippen molar-refractivity contribution in [2.24, 2.45) is 7.05 Å². The van der Waals surface area contributed by atoms with Crippen LogP contribution in [0.25, 0.3) is 10.6 Å². The number of aliphatic hydroxyl groups excluding tert-OH is 1. The fraction of sp³-hybridized carbons (Fsp3) is 0.625. The number of nitrogens with zero attached hydrogens (tertiary/aromatic N) is 5. The van der Waals surface area contributed by atoms with Crippen molar-refractivity contribution >= 4 is 11.3 Å². The van der Waals surface area contributed by atoms with E-state index in [0.29, 0.717) is 6.04 Å². The van der Waals surface area contributed by atoms with Crippen molar-refractivity contribution < 1.29 is 5.11 Å². The van der Waals surface area contributed by atoms with Gasteiger partial charge in [0, 0.05) is 63.0 Å². The number of piperazine rings is 1. The normalized spacial score (nSPS) is 21.7. The molecule has 2 aromatic rings. The van der Waals surface area contributed by atoms with Gasteiger partial charge in [0.25, 0.3) is 0 Å². The van der Waals surface area contributed by atoms with Gasteiger partial charge in [0.15, 0.2) is 0 Å². The molecule has 2 aromatic heterocycles. The Morgan fingerprint density at radius 3 is 2.91 bits per heavy atom. The van der Waals surface area contributed by atoms with Crippen LogP contribution >= 0.6 is 11.3 Å². The Balaban J connectivity index is 1.57. The van der Waals surface area contributed by atoms with E-state index in [-0.39, 0.29) is 6.10 Å². The molecule has 0 spiro atoms. The number of aromatic nitrogens is 3. The highest BCUT2D eigenvalue weighted by molar-refractivity contribution is 7.13. The number of hydrogen-bond donors (Lipinski definition) is 1. The third kappa shape index (κ3) is 4.17. The predicted molar refractivity (Wildman–Crippen MR) is 92.3 cm³/mol. The molecule has 6 nitrogen and oxygen atoms in total. The molecule has 2 atom stereocenters. The van der Waals surface area contributed by atoms with Crippen molar-refractivity contribution in [3.8, 4) is 10.6 Å². The first-order valence-electron chi connectivity index (χ1n) is 8.09. The summed E-state index contributed by atoms with van der Waals surface area (Å²) in [5.41, 5.74) is 2.21. The summed E-state index contributed by atoms with van der Waals surface area (Å²) in [7, 11) is 1.92. The lowest BCUT2D eigenvalue weighted by Gasteiger charge is -2.40. The van der Waals surface area contributed by atoms with Gasteiger partial charge in [-0.05, 0) is 13.8 Å². The summed E-state index contributed by atoms with van der Waals surface area (Å²) in [6.45, 7) is 8.79. The van der Waals surface area contributed by atoms with Gasteiger partial charge in [0.1, 0.15) is 5.01 Å². The first-order valence-corrected chi connectivity index (χ1v) is 8.97. The van der Waals surface area contributed by atoms with E-state index < -0.39 is 0 Å². The Bertz CT molecular complexity index is 638. The van der Waals surface area contributed by atoms with Gasteiger partial charge < -0.3 is 5.11 Å². The van der Waals surface area contributed by atoms with Crippen LogP contribution in [0.2, 0.25) is 0 Å². The predicted octanol–water partition coefficient (Wildman–Crippen LogP) is 1.43. The highest BCUT2D eigenvalue weighted by Gasteiger charge is 2.24. The van der Waals surface area contributed by atoms with E-state index in [1.165, 1.54) is 0 Å². The topological polar surface area (TPSA) is 57.4 Å². The molecule has 1 saturated heterocycles. The molecule has 3 rings (SSSR count). The van der Waals surface area contributed by atoms with Crippen LogP contribution < -0.4 is 0 Å². The average Bonchev–Trinajstić information content (AvgIpc) is 3.10. The summed E-state index contributed by atoms with van der Waals surface area (Å²) < 4.78 is 1.81. The maximum absolute atomic E-state index is 9.57. The molecular formula is C16H25N5OS. The minimum Gasteiger partial charge on any atom is -0.392 e. The Hall–Kier alpha value is -1.28. The molecule has 0 radical (unpaired) electrons. The summed E-state index contributed by atoms with van der Waals surface area (Å²) in [4.78, 5) is 9.56. The lowest BCUT2D eigenvalue weighted by molar-refractivity contribution is 0.0419. The Labute approximate surface area is 141 Å². The van der Waals surface area contributed by atoms with E-state index in [9.17, 15) is 5.11 Å². The largest absolute Gasteiger partial charge is 0.392 e. The second-order valence-electron chi connectivity index (χ2n) is 6.47. The molecule has 0 amide bonds. The maximum Gasteiger partial charge on any atom is 0.126 e. The van der Waals surface area contributed by atoms with E-state index in [2.05, 4.69) is 27.2 Å². The van der Waals surface area contributed by atoms with Crippen LogP contribution in [-0.2, 0) is 13.6 Å². The number of β-amino-alcohol motifs (C(OH)–C–C–N with tert-alkyl or cyclic N) is 1. The van der Waals surface area contributed by atoms with Gasteiger partial charge in [-0.1, -0.05) is 0 Å². The van der Waals surface area contributed by atoms with Gasteiger partial charge >= 0.3 is 0 Å². The molecule has 1 aliphatic heterocycles. The molecule has 0 saturated carbocycles. The summed E-state index contributed by atoms with van der Waals surface area (Å²) in [5.74, 6) is 0. The number of thiazole rings is 1. The summed E-state index contributed by atoms with van der Waals surface area (Å²) in [6.07, 6.45) is 3.60. The van der Waals surface area contributed by atoms with Crippen LogP contribution in [-0.4, -0.2) is 68.0 Å². The van der Waals surface area contributed by atoms with Gasteiger partial charge in [-0.25, -0.2) is 4.98 Å². The SMILES string of the molecule is C[C@@H]1CN(Cc2csc(-c3cnn(C)c3)n2)CCN1C[C@@H](C)O. The first-order chi connectivity index (χ1) is 11.0. The molecule has 126 valence electrons. The minimum atomic E-state index is -0.260. The van der Waals surface area contributed by atoms with E-state index in [1.807, 2.05) is 26.4 Å². The second kappa shape index (κ2) is 7.09. The molecule has 0 unspecified atom stereocenters. The van der Waals surface area contributed by atoms with E-state index in [1.54, 1.807) is 16.0 Å². The quantitative estimate of drug-likeness (QED) is 0.896. The zero-order valence-corrected chi connectivity index (χ0v) is 14.8. The van der Waals surface area contributed by atoms with Crippen LogP contribution in [0.5, 0.6) is 0 Å². The Kier molecular flexibility index (Phi) is 5.11. The molecule has 0 aliphatic carbocycles. The van der Waals surface area contributed by atoms with E-state index in [4.69, 9.17) is 4.98 Å². The number of aryl methyl sites for hydroxylation is 1. The first kappa shape index (κ1) is 16.6. The smallest absolute Gasteiger partial charge is 0.126 e. The molecule has 1 aliphatic rings. The number of hydrogen-bond acceptors (Lipinski definition) is 6. The molecule has 3 heterocycles. The standard InChI is InChI=1S/C16H25N5OS/c1-12-7-20(4-5-21(12)8-13(2)22)10-15-11-23-16(18-15)14-6-17-19(3)9-14/h6,9,11-13,22H,4-5,7-8,10H2,1-3H3/t12-,13-/m1/s1. The average molecular weight is 335 g/mol. The second-order valence-corrected chi connectivity index (χ2v) is 7.33. The molecule has 1 N–H and O–H groups in total. The molecule has 7 heteroatoms. The summed E-state index contributed by atoms with van der Waals surface area (Å²) in [6, 6.07) is 0.467. The van der Waals surface area contributed by atoms with Crippen LogP contribution in [0.3, 0.4) is 0 Å². The van der Waals surface area contributed by atoms with E-state index >= 15 is 0 Å². The van der Waals surface area contributed by atoms with Crippen LogP contribution in [0.15, 0.2) is 17.8 Å². The fourth-order valence-electron chi connectivity index (χ4n) is 3.10. The van der Waals surface area contributed by atoms with Gasteiger partial charge in [-0.3, -0.25) is 14.5 Å². The van der Waals surface area contributed by atoms with E-state index in [0.717, 1.165) is 49.0 Å². The monoisotopic (exact) mass is 335 g/mol. The van der Waals surface area contributed by atoms with Crippen molar-refractivity contribution in [1.29, 1.82) is 0 Å². The van der Waals surface area contributed by atoms with Crippen molar-refractivity contribution in [2.45, 2.75) is 32.5 Å². The lowest BCUT2D eigenvalue weighted by atomic mass is 10.1. The van der Waals surface area contributed by atoms with Crippen LogP contribution in [0.1, 0.15) is 19.5 Å². The Morgan fingerprint density at radius 1 is 1.43 bits per heavy atom. The zero-order valence-electron chi connectivity index (χ0n) is 14.0. The molecular weight excluding hydrogens is 310 g/mol. The van der Waals surface area contributed by atoms with Gasteiger partial charge in [0.2, 0.25) is 0 Å². The van der Waals surface area contributed by atoms with Crippen molar-refractivity contribution in [3.63, 3.8) is 0 Å². The summed E-state index contributed by atoms with van der Waals surface area (Å²) in [5, 5.41) is 17.0. The maximum atomic E-state index is 9.57. The summed E-state index contributed by atoms with van der Waals surface area (Å²) >= 11 is 1.68. The fourth-order valence-corrected chi connectivity index (χ4v) is 3.88. The van der Waals surface area contributed by atoms with Crippen molar-refractivity contribution in [3.05, 3.63) is 23.5 Å². The van der Waals surface area contributed by atoms with Crippen molar-refractivity contribution in [1.82, 2.24) is 24.6 Å². The van der Waals surface area contributed by atoms with Crippen LogP contribution in [0.4, 0.5) is 0 Å². The highest BCUT2D eigenvalue weighted by atomic mass is 32.1. The molecule has 1 fully saturated rings. The van der Waals surface area contributed by atoms with Crippen molar-refractivity contribution in [2.75, 3.05) is 26.2 Å². The number of aliphatic hydroxyl groups is 1. The number of rotatable bonds is 5. The van der Waals surface area contributed by atoms with Gasteiger partial charge in [-0.2, -0.15) is 5.10 Å². The minimum absolute atomic E-state index is 0.260. The zero-order chi connectivity index (χ0) is 16.4.